The Kier molecular flexibility index (Phi) is 5.03. The summed E-state index contributed by atoms with van der Waals surface area (Å²) in [7, 11) is 0. The zero-order chi connectivity index (χ0) is 12.8. The predicted octanol–water partition coefficient (Wildman–Crippen LogP) is 1.96. The highest BCUT2D eigenvalue weighted by molar-refractivity contribution is 5.73. The van der Waals surface area contributed by atoms with Gasteiger partial charge in [0.25, 0.3) is 0 Å². The minimum Gasteiger partial charge on any atom is -0.480 e. The van der Waals surface area contributed by atoms with E-state index in [1.165, 1.54) is 12.1 Å². The molecule has 0 amide bonds. The van der Waals surface area contributed by atoms with Crippen molar-refractivity contribution in [1.82, 2.24) is 5.32 Å². The predicted molar refractivity (Wildman–Crippen MR) is 59.8 cm³/mol. The normalized spacial score (nSPS) is 12.4. The van der Waals surface area contributed by atoms with Gasteiger partial charge in [-0.3, -0.25) is 4.79 Å². The van der Waals surface area contributed by atoms with Gasteiger partial charge in [-0.2, -0.15) is 0 Å². The van der Waals surface area contributed by atoms with Gasteiger partial charge < -0.3 is 10.4 Å². The molecule has 0 bridgehead atoms. The van der Waals surface area contributed by atoms with Gasteiger partial charge in [0.05, 0.1) is 0 Å². The van der Waals surface area contributed by atoms with Crippen LogP contribution in [0.15, 0.2) is 18.2 Å². The Labute approximate surface area is 98.5 Å². The van der Waals surface area contributed by atoms with E-state index in [2.05, 4.69) is 5.32 Å². The first-order chi connectivity index (χ1) is 8.02. The van der Waals surface area contributed by atoms with Crippen molar-refractivity contribution in [2.45, 2.75) is 25.8 Å². The monoisotopic (exact) mass is 243 g/mol. The van der Waals surface area contributed by atoms with Crippen LogP contribution in [0.2, 0.25) is 0 Å². The highest BCUT2D eigenvalue weighted by Gasteiger charge is 2.13. The Bertz CT molecular complexity index is 376. The molecule has 3 nitrogen and oxygen atoms in total. The van der Waals surface area contributed by atoms with E-state index in [4.69, 9.17) is 5.11 Å². The van der Waals surface area contributed by atoms with Crippen molar-refractivity contribution in [2.75, 3.05) is 6.54 Å². The molecule has 0 saturated heterocycles. The van der Waals surface area contributed by atoms with Crippen molar-refractivity contribution >= 4 is 5.97 Å². The van der Waals surface area contributed by atoms with Gasteiger partial charge in [-0.05, 0) is 37.1 Å². The minimum absolute atomic E-state index is 0.369. The van der Waals surface area contributed by atoms with Gasteiger partial charge >= 0.3 is 5.97 Å². The summed E-state index contributed by atoms with van der Waals surface area (Å²) in [6, 6.07) is 2.68. The topological polar surface area (TPSA) is 49.3 Å². The molecular formula is C12H15F2NO2. The minimum atomic E-state index is -0.919. The van der Waals surface area contributed by atoms with Crippen LogP contribution < -0.4 is 5.32 Å². The Morgan fingerprint density at radius 3 is 2.41 bits per heavy atom. The zero-order valence-electron chi connectivity index (χ0n) is 9.54. The standard InChI is InChI=1S/C12H15F2NO2/c1-2-11(12(16)17)15-4-3-8-5-9(13)7-10(14)6-8/h5-7,11,15H,2-4H2,1H3,(H,16,17). The maximum Gasteiger partial charge on any atom is 0.320 e. The summed E-state index contributed by atoms with van der Waals surface area (Å²) in [6.07, 6.45) is 0.852. The molecule has 0 spiro atoms. The molecule has 1 aromatic rings. The third kappa shape index (κ3) is 4.48. The summed E-state index contributed by atoms with van der Waals surface area (Å²) in [5.41, 5.74) is 0.509. The molecule has 0 aliphatic rings. The highest BCUT2D eigenvalue weighted by atomic mass is 19.1. The van der Waals surface area contributed by atoms with Crippen LogP contribution in [0.25, 0.3) is 0 Å². The van der Waals surface area contributed by atoms with Crippen molar-refractivity contribution in [3.05, 3.63) is 35.4 Å². The lowest BCUT2D eigenvalue weighted by Crippen LogP contribution is -2.37. The number of hydrogen-bond donors (Lipinski definition) is 2. The highest BCUT2D eigenvalue weighted by Crippen LogP contribution is 2.08. The maximum atomic E-state index is 12.9. The van der Waals surface area contributed by atoms with Gasteiger partial charge in [0, 0.05) is 6.07 Å². The van der Waals surface area contributed by atoms with Crippen LogP contribution in [-0.2, 0) is 11.2 Å². The van der Waals surface area contributed by atoms with E-state index >= 15 is 0 Å². The van der Waals surface area contributed by atoms with Gasteiger partial charge in [0.1, 0.15) is 17.7 Å². The number of carbonyl (C=O) groups is 1. The lowest BCUT2D eigenvalue weighted by atomic mass is 10.1. The molecule has 0 saturated carbocycles. The Balaban J connectivity index is 2.47. The second kappa shape index (κ2) is 6.30. The maximum absolute atomic E-state index is 12.9. The first-order valence-corrected chi connectivity index (χ1v) is 5.44. The third-order valence-electron chi connectivity index (χ3n) is 2.43. The van der Waals surface area contributed by atoms with Crippen molar-refractivity contribution in [1.29, 1.82) is 0 Å². The summed E-state index contributed by atoms with van der Waals surface area (Å²) >= 11 is 0. The number of benzene rings is 1. The van der Waals surface area contributed by atoms with Crippen LogP contribution in [0.5, 0.6) is 0 Å². The lowest BCUT2D eigenvalue weighted by Gasteiger charge is -2.11. The van der Waals surface area contributed by atoms with Crippen LogP contribution in [0, 0.1) is 11.6 Å². The number of nitrogens with one attached hydrogen (secondary N) is 1. The van der Waals surface area contributed by atoms with Crippen molar-refractivity contribution in [3.63, 3.8) is 0 Å². The fourth-order valence-electron chi connectivity index (χ4n) is 1.55. The first kappa shape index (κ1) is 13.6. The molecule has 2 N–H and O–H groups in total. The Morgan fingerprint density at radius 2 is 1.94 bits per heavy atom. The average molecular weight is 243 g/mol. The quantitative estimate of drug-likeness (QED) is 0.803. The average Bonchev–Trinajstić information content (AvgIpc) is 2.22. The molecule has 0 aromatic heterocycles. The lowest BCUT2D eigenvalue weighted by molar-refractivity contribution is -0.139. The molecule has 0 fully saturated rings. The second-order valence-corrected chi connectivity index (χ2v) is 3.78. The molecule has 1 atom stereocenters. The molecular weight excluding hydrogens is 228 g/mol. The molecule has 0 radical (unpaired) electrons. The van der Waals surface area contributed by atoms with Gasteiger partial charge in [-0.1, -0.05) is 6.92 Å². The molecule has 17 heavy (non-hydrogen) atoms. The van der Waals surface area contributed by atoms with E-state index in [1.54, 1.807) is 6.92 Å². The van der Waals surface area contributed by atoms with Crippen LogP contribution in [-0.4, -0.2) is 23.7 Å². The number of aliphatic carboxylic acids is 1. The van der Waals surface area contributed by atoms with Gasteiger partial charge in [-0.25, -0.2) is 8.78 Å². The van der Waals surface area contributed by atoms with E-state index in [-0.39, 0.29) is 0 Å². The van der Waals surface area contributed by atoms with Crippen LogP contribution >= 0.6 is 0 Å². The Hall–Kier alpha value is -1.49. The summed E-state index contributed by atoms with van der Waals surface area (Å²) < 4.78 is 25.7. The third-order valence-corrected chi connectivity index (χ3v) is 2.43. The van der Waals surface area contributed by atoms with Crippen LogP contribution in [0.4, 0.5) is 8.78 Å². The van der Waals surface area contributed by atoms with Crippen LogP contribution in [0.3, 0.4) is 0 Å². The van der Waals surface area contributed by atoms with Crippen molar-refractivity contribution in [2.24, 2.45) is 0 Å². The number of rotatable bonds is 6. The molecule has 0 heterocycles. The first-order valence-electron chi connectivity index (χ1n) is 5.44. The molecule has 0 aliphatic heterocycles. The fourth-order valence-corrected chi connectivity index (χ4v) is 1.55. The number of halogens is 2. The molecule has 0 aliphatic carbocycles. The zero-order valence-corrected chi connectivity index (χ0v) is 9.54. The summed E-state index contributed by atoms with van der Waals surface area (Å²) in [5, 5.41) is 11.6. The SMILES string of the molecule is CCC(NCCc1cc(F)cc(F)c1)C(=O)O. The second-order valence-electron chi connectivity index (χ2n) is 3.78. The molecule has 5 heteroatoms. The van der Waals surface area contributed by atoms with E-state index in [0.29, 0.717) is 24.9 Å². The summed E-state index contributed by atoms with van der Waals surface area (Å²) in [4.78, 5) is 10.7. The molecule has 1 aromatic carbocycles. The summed E-state index contributed by atoms with van der Waals surface area (Å²) in [5.74, 6) is -2.16. The molecule has 94 valence electrons. The van der Waals surface area contributed by atoms with Crippen molar-refractivity contribution in [3.8, 4) is 0 Å². The summed E-state index contributed by atoms with van der Waals surface area (Å²) in [6.45, 7) is 2.13. The largest absolute Gasteiger partial charge is 0.480 e. The fraction of sp³-hybridized carbons (Fsp3) is 0.417. The van der Waals surface area contributed by atoms with Gasteiger partial charge in [0.15, 0.2) is 0 Å². The number of hydrogen-bond acceptors (Lipinski definition) is 2. The van der Waals surface area contributed by atoms with Gasteiger partial charge in [0.2, 0.25) is 0 Å². The van der Waals surface area contributed by atoms with Crippen molar-refractivity contribution < 1.29 is 18.7 Å². The van der Waals surface area contributed by atoms with Crippen LogP contribution in [0.1, 0.15) is 18.9 Å². The molecule has 1 rings (SSSR count). The number of carboxylic acid groups (broad SMARTS) is 1. The van der Waals surface area contributed by atoms with Gasteiger partial charge in [-0.15, -0.1) is 0 Å². The van der Waals surface area contributed by atoms with E-state index in [9.17, 15) is 13.6 Å². The Morgan fingerprint density at radius 1 is 1.35 bits per heavy atom. The number of carboxylic acids is 1. The van der Waals surface area contributed by atoms with E-state index < -0.39 is 23.6 Å². The van der Waals surface area contributed by atoms with E-state index in [1.807, 2.05) is 0 Å². The van der Waals surface area contributed by atoms with E-state index in [0.717, 1.165) is 6.07 Å². The molecule has 1 unspecified atom stereocenters. The smallest absolute Gasteiger partial charge is 0.320 e.